The number of nitrogens with zero attached hydrogens (tertiary/aromatic N) is 1. The third-order valence-corrected chi connectivity index (χ3v) is 3.58. The molecule has 0 fully saturated rings. The molecule has 0 bridgehead atoms. The number of aliphatic hydroxyl groups is 1. The summed E-state index contributed by atoms with van der Waals surface area (Å²) in [6.45, 7) is 3.85. The Hall–Kier alpha value is -0.120. The topological polar surface area (TPSA) is 29.5 Å². The smallest absolute Gasteiger partial charge is 0.129 e. The van der Waals surface area contributed by atoms with Gasteiger partial charge in [-0.1, -0.05) is 58.3 Å². The molecule has 0 aromatic heterocycles. The van der Waals surface area contributed by atoms with Gasteiger partial charge in [0, 0.05) is 0 Å². The van der Waals surface area contributed by atoms with Gasteiger partial charge in [-0.25, -0.2) is 4.84 Å². The molecule has 3 nitrogen and oxygen atoms in total. The summed E-state index contributed by atoms with van der Waals surface area (Å²) in [6, 6.07) is 0. The summed E-state index contributed by atoms with van der Waals surface area (Å²) in [4.78, 5) is 5.55. The van der Waals surface area contributed by atoms with Gasteiger partial charge in [-0.05, 0) is 12.8 Å². The van der Waals surface area contributed by atoms with Gasteiger partial charge in [-0.3, -0.25) is 0 Å². The SMILES string of the molecule is CCCCCCCCCCCC[N+](C)(C)OCCO. The van der Waals surface area contributed by atoms with Crippen molar-refractivity contribution in [2.24, 2.45) is 0 Å². The fourth-order valence-electron chi connectivity index (χ4n) is 2.33. The average Bonchev–Trinajstić information content (AvgIpc) is 2.38. The van der Waals surface area contributed by atoms with Gasteiger partial charge in [-0.15, -0.1) is 0 Å². The van der Waals surface area contributed by atoms with Crippen molar-refractivity contribution in [3.05, 3.63) is 0 Å². The molecule has 0 radical (unpaired) electrons. The second-order valence-corrected chi connectivity index (χ2v) is 6.04. The normalized spacial score (nSPS) is 12.0. The van der Waals surface area contributed by atoms with Crippen molar-refractivity contribution in [2.75, 3.05) is 33.9 Å². The van der Waals surface area contributed by atoms with Gasteiger partial charge in [0.25, 0.3) is 0 Å². The minimum atomic E-state index is 0.111. The van der Waals surface area contributed by atoms with Crippen molar-refractivity contribution in [3.63, 3.8) is 0 Å². The first-order chi connectivity index (χ1) is 9.12. The number of hydrogen-bond acceptors (Lipinski definition) is 2. The third-order valence-electron chi connectivity index (χ3n) is 3.58. The molecule has 0 spiro atoms. The summed E-state index contributed by atoms with van der Waals surface area (Å²) >= 11 is 0. The molecule has 0 unspecified atom stereocenters. The Morgan fingerprint density at radius 3 is 1.74 bits per heavy atom. The van der Waals surface area contributed by atoms with Crippen molar-refractivity contribution >= 4 is 0 Å². The Balaban J connectivity index is 3.21. The molecule has 0 aliphatic carbocycles. The fraction of sp³-hybridized carbons (Fsp3) is 1.00. The van der Waals surface area contributed by atoms with Crippen LogP contribution in [-0.2, 0) is 4.84 Å². The van der Waals surface area contributed by atoms with Crippen LogP contribution in [0.1, 0.15) is 71.1 Å². The molecular weight excluding hydrogens is 238 g/mol. The highest BCUT2D eigenvalue weighted by Crippen LogP contribution is 2.11. The molecule has 0 saturated carbocycles. The number of rotatable bonds is 14. The van der Waals surface area contributed by atoms with Gasteiger partial charge in [0.2, 0.25) is 0 Å². The van der Waals surface area contributed by atoms with E-state index in [1.165, 1.54) is 64.2 Å². The first-order valence-electron chi connectivity index (χ1n) is 8.21. The maximum absolute atomic E-state index is 8.74. The van der Waals surface area contributed by atoms with E-state index >= 15 is 0 Å². The summed E-state index contributed by atoms with van der Waals surface area (Å²) in [5.41, 5.74) is 0. The average molecular weight is 274 g/mol. The Labute approximate surface area is 120 Å². The van der Waals surface area contributed by atoms with E-state index in [9.17, 15) is 0 Å². The Bertz CT molecular complexity index is 184. The molecule has 0 aromatic carbocycles. The van der Waals surface area contributed by atoms with Crippen LogP contribution in [0.4, 0.5) is 0 Å². The fourth-order valence-corrected chi connectivity index (χ4v) is 2.33. The third kappa shape index (κ3) is 14.1. The van der Waals surface area contributed by atoms with Crippen LogP contribution in [0.25, 0.3) is 0 Å². The van der Waals surface area contributed by atoms with E-state index in [1.807, 2.05) is 0 Å². The Morgan fingerprint density at radius 2 is 1.26 bits per heavy atom. The summed E-state index contributed by atoms with van der Waals surface area (Å²) in [6.07, 6.45) is 13.7. The second-order valence-electron chi connectivity index (χ2n) is 6.04. The molecule has 0 saturated heterocycles. The zero-order valence-corrected chi connectivity index (χ0v) is 13.5. The van der Waals surface area contributed by atoms with E-state index in [0.29, 0.717) is 11.3 Å². The molecule has 0 aliphatic heterocycles. The molecule has 19 heavy (non-hydrogen) atoms. The summed E-state index contributed by atoms with van der Waals surface area (Å²) in [5.74, 6) is 0. The number of quaternary nitrogens is 1. The molecule has 0 aromatic rings. The molecule has 116 valence electrons. The number of unbranched alkanes of at least 4 members (excludes halogenated alkanes) is 9. The molecule has 1 N–H and O–H groups in total. The van der Waals surface area contributed by atoms with E-state index in [1.54, 1.807) is 0 Å². The minimum absolute atomic E-state index is 0.111. The largest absolute Gasteiger partial charge is 0.394 e. The molecule has 0 atom stereocenters. The highest BCUT2D eigenvalue weighted by atomic mass is 16.7. The first-order valence-corrected chi connectivity index (χ1v) is 8.21. The lowest BCUT2D eigenvalue weighted by Crippen LogP contribution is -2.41. The zero-order chi connectivity index (χ0) is 14.4. The Kier molecular flexibility index (Phi) is 12.8. The van der Waals surface area contributed by atoms with E-state index in [-0.39, 0.29) is 6.61 Å². The van der Waals surface area contributed by atoms with Gasteiger partial charge in [0.1, 0.15) is 13.2 Å². The first kappa shape index (κ1) is 18.9. The molecule has 0 heterocycles. The van der Waals surface area contributed by atoms with Gasteiger partial charge in [0.05, 0.1) is 20.7 Å². The van der Waals surface area contributed by atoms with E-state index in [2.05, 4.69) is 21.0 Å². The lowest BCUT2D eigenvalue weighted by Gasteiger charge is -2.26. The standard InChI is InChI=1S/C16H36NO2/c1-4-5-6-7-8-9-10-11-12-13-14-17(2,3)19-16-15-18/h18H,4-16H2,1-3H3/q+1. The molecule has 3 heteroatoms. The quantitative estimate of drug-likeness (QED) is 0.296. The van der Waals surface area contributed by atoms with E-state index < -0.39 is 0 Å². The molecule has 0 aliphatic rings. The van der Waals surface area contributed by atoms with Crippen LogP contribution in [0.2, 0.25) is 0 Å². The van der Waals surface area contributed by atoms with Crippen LogP contribution >= 0.6 is 0 Å². The van der Waals surface area contributed by atoms with Crippen LogP contribution in [0.5, 0.6) is 0 Å². The number of aliphatic hydroxyl groups excluding tert-OH is 1. The summed E-state index contributed by atoms with van der Waals surface area (Å²) in [5, 5.41) is 8.74. The van der Waals surface area contributed by atoms with Crippen LogP contribution in [-0.4, -0.2) is 43.6 Å². The minimum Gasteiger partial charge on any atom is -0.394 e. The molecule has 0 rings (SSSR count). The highest BCUT2D eigenvalue weighted by Gasteiger charge is 2.15. The van der Waals surface area contributed by atoms with Crippen molar-refractivity contribution < 1.29 is 14.6 Å². The van der Waals surface area contributed by atoms with Crippen molar-refractivity contribution in [1.82, 2.24) is 0 Å². The molecule has 0 amide bonds. The number of hydrogen-bond donors (Lipinski definition) is 1. The van der Waals surface area contributed by atoms with E-state index in [4.69, 9.17) is 9.94 Å². The predicted octanol–water partition coefficient (Wildman–Crippen LogP) is 3.91. The summed E-state index contributed by atoms with van der Waals surface area (Å²) in [7, 11) is 4.12. The van der Waals surface area contributed by atoms with Gasteiger partial charge >= 0.3 is 0 Å². The van der Waals surface area contributed by atoms with Gasteiger partial charge in [-0.2, -0.15) is 4.65 Å². The monoisotopic (exact) mass is 274 g/mol. The second kappa shape index (κ2) is 12.9. The van der Waals surface area contributed by atoms with Gasteiger partial charge < -0.3 is 5.11 Å². The van der Waals surface area contributed by atoms with Gasteiger partial charge in [0.15, 0.2) is 0 Å². The highest BCUT2D eigenvalue weighted by molar-refractivity contribution is 4.47. The predicted molar refractivity (Wildman–Crippen MR) is 81.9 cm³/mol. The lowest BCUT2D eigenvalue weighted by atomic mass is 10.1. The van der Waals surface area contributed by atoms with Crippen LogP contribution in [0, 0.1) is 0 Å². The van der Waals surface area contributed by atoms with Crippen molar-refractivity contribution in [2.45, 2.75) is 71.1 Å². The maximum atomic E-state index is 8.74. The summed E-state index contributed by atoms with van der Waals surface area (Å²) < 4.78 is 0.567. The van der Waals surface area contributed by atoms with E-state index in [0.717, 1.165) is 6.54 Å². The molecular formula is C16H36NO2+. The number of hydroxylamine groups is 3. The maximum Gasteiger partial charge on any atom is 0.129 e. The zero-order valence-electron chi connectivity index (χ0n) is 13.5. The van der Waals surface area contributed by atoms with Crippen molar-refractivity contribution in [1.29, 1.82) is 0 Å². The van der Waals surface area contributed by atoms with Crippen LogP contribution in [0.15, 0.2) is 0 Å². The van der Waals surface area contributed by atoms with Crippen molar-refractivity contribution in [3.8, 4) is 0 Å². The van der Waals surface area contributed by atoms with Crippen LogP contribution < -0.4 is 0 Å². The lowest BCUT2D eigenvalue weighted by molar-refractivity contribution is -1.08. The van der Waals surface area contributed by atoms with Crippen LogP contribution in [0.3, 0.4) is 0 Å². The Morgan fingerprint density at radius 1 is 0.789 bits per heavy atom.